The van der Waals surface area contributed by atoms with Crippen molar-refractivity contribution in [3.05, 3.63) is 0 Å². The maximum absolute atomic E-state index is 12.3. The van der Waals surface area contributed by atoms with Gasteiger partial charge in [0.15, 0.2) is 0 Å². The fourth-order valence-corrected chi connectivity index (χ4v) is 2.85. The second kappa shape index (κ2) is 10.0. The lowest BCUT2D eigenvalue weighted by molar-refractivity contribution is -0.139. The summed E-state index contributed by atoms with van der Waals surface area (Å²) in [5, 5.41) is 16.2. The molecule has 0 heterocycles. The highest BCUT2D eigenvalue weighted by molar-refractivity contribution is 5.93. The van der Waals surface area contributed by atoms with Crippen LogP contribution in [0.25, 0.3) is 0 Å². The second-order valence-electron chi connectivity index (χ2n) is 6.91. The van der Waals surface area contributed by atoms with Crippen molar-refractivity contribution in [3.8, 4) is 0 Å². The first-order chi connectivity index (χ1) is 11.7. The summed E-state index contributed by atoms with van der Waals surface area (Å²) < 4.78 is 0. The standard InChI is InChI=1S/C17H29N3O5/c1-10(2)14(17(25)18-9-13(21)22)20-15(23)11(3)19-16(24)12-7-5-4-6-8-12/h10-12,14H,4-9H2,1-3H3,(H,18,25)(H,19,24)(H,20,23)(H,21,22). The van der Waals surface area contributed by atoms with E-state index in [-0.39, 0.29) is 17.7 Å². The van der Waals surface area contributed by atoms with E-state index >= 15 is 0 Å². The van der Waals surface area contributed by atoms with Crippen molar-refractivity contribution in [2.75, 3.05) is 6.54 Å². The van der Waals surface area contributed by atoms with Crippen LogP contribution >= 0.6 is 0 Å². The van der Waals surface area contributed by atoms with Crippen molar-refractivity contribution in [2.45, 2.75) is 65.0 Å². The van der Waals surface area contributed by atoms with Gasteiger partial charge in [-0.25, -0.2) is 0 Å². The second-order valence-corrected chi connectivity index (χ2v) is 6.91. The number of carbonyl (C=O) groups is 4. The first-order valence-electron chi connectivity index (χ1n) is 8.82. The Balaban J connectivity index is 2.55. The van der Waals surface area contributed by atoms with E-state index in [0.29, 0.717) is 0 Å². The third-order valence-corrected chi connectivity index (χ3v) is 4.39. The molecule has 8 nitrogen and oxygen atoms in total. The van der Waals surface area contributed by atoms with Gasteiger partial charge in [0.1, 0.15) is 18.6 Å². The van der Waals surface area contributed by atoms with Gasteiger partial charge in [0, 0.05) is 5.92 Å². The topological polar surface area (TPSA) is 125 Å². The van der Waals surface area contributed by atoms with E-state index in [4.69, 9.17) is 5.11 Å². The molecule has 142 valence electrons. The fraction of sp³-hybridized carbons (Fsp3) is 0.765. The summed E-state index contributed by atoms with van der Waals surface area (Å²) in [7, 11) is 0. The van der Waals surface area contributed by atoms with Crippen molar-refractivity contribution < 1.29 is 24.3 Å². The summed E-state index contributed by atoms with van der Waals surface area (Å²) in [6, 6.07) is -1.62. The number of carboxylic acids is 1. The zero-order valence-corrected chi connectivity index (χ0v) is 15.1. The average molecular weight is 355 g/mol. The van der Waals surface area contributed by atoms with E-state index in [1.807, 2.05) is 0 Å². The number of rotatable bonds is 8. The van der Waals surface area contributed by atoms with Gasteiger partial charge in [0.25, 0.3) is 0 Å². The summed E-state index contributed by atoms with van der Waals surface area (Å²) in [6.45, 7) is 4.56. The molecule has 25 heavy (non-hydrogen) atoms. The molecule has 0 radical (unpaired) electrons. The maximum Gasteiger partial charge on any atom is 0.322 e. The molecule has 3 amide bonds. The minimum absolute atomic E-state index is 0.0521. The molecule has 1 fully saturated rings. The number of aliphatic carboxylic acids is 1. The van der Waals surface area contributed by atoms with Gasteiger partial charge in [0.2, 0.25) is 17.7 Å². The minimum Gasteiger partial charge on any atom is -0.480 e. The Hall–Kier alpha value is -2.12. The van der Waals surface area contributed by atoms with Crippen LogP contribution in [0, 0.1) is 11.8 Å². The predicted octanol–water partition coefficient (Wildman–Crippen LogP) is 0.413. The van der Waals surface area contributed by atoms with Crippen LogP contribution in [0.5, 0.6) is 0 Å². The smallest absolute Gasteiger partial charge is 0.322 e. The Kier molecular flexibility index (Phi) is 8.37. The van der Waals surface area contributed by atoms with Gasteiger partial charge in [-0.05, 0) is 25.7 Å². The Labute approximate surface area is 148 Å². The Morgan fingerprint density at radius 2 is 1.56 bits per heavy atom. The van der Waals surface area contributed by atoms with Gasteiger partial charge >= 0.3 is 5.97 Å². The quantitative estimate of drug-likeness (QED) is 0.502. The summed E-state index contributed by atoms with van der Waals surface area (Å²) in [6.07, 6.45) is 4.87. The molecule has 0 aromatic rings. The highest BCUT2D eigenvalue weighted by atomic mass is 16.4. The third-order valence-electron chi connectivity index (χ3n) is 4.39. The average Bonchev–Trinajstić information content (AvgIpc) is 2.57. The van der Waals surface area contributed by atoms with Crippen LogP contribution in [0.3, 0.4) is 0 Å². The Morgan fingerprint density at radius 3 is 2.08 bits per heavy atom. The molecule has 0 aliphatic heterocycles. The van der Waals surface area contributed by atoms with Crippen molar-refractivity contribution in [2.24, 2.45) is 11.8 Å². The zero-order chi connectivity index (χ0) is 19.0. The van der Waals surface area contributed by atoms with Crippen LogP contribution in [0.2, 0.25) is 0 Å². The van der Waals surface area contributed by atoms with Gasteiger partial charge < -0.3 is 21.1 Å². The van der Waals surface area contributed by atoms with Gasteiger partial charge in [-0.3, -0.25) is 19.2 Å². The van der Waals surface area contributed by atoms with Gasteiger partial charge in [0.05, 0.1) is 0 Å². The van der Waals surface area contributed by atoms with E-state index < -0.39 is 36.4 Å². The maximum atomic E-state index is 12.3. The lowest BCUT2D eigenvalue weighted by atomic mass is 9.88. The highest BCUT2D eigenvalue weighted by Crippen LogP contribution is 2.23. The van der Waals surface area contributed by atoms with Crippen molar-refractivity contribution >= 4 is 23.7 Å². The van der Waals surface area contributed by atoms with Crippen LogP contribution in [0.1, 0.15) is 52.9 Å². The first-order valence-corrected chi connectivity index (χ1v) is 8.82. The molecule has 8 heteroatoms. The minimum atomic E-state index is -1.16. The van der Waals surface area contributed by atoms with Crippen LogP contribution in [-0.4, -0.2) is 47.4 Å². The summed E-state index contributed by atoms with van der Waals surface area (Å²) >= 11 is 0. The summed E-state index contributed by atoms with van der Waals surface area (Å²) in [4.78, 5) is 47.1. The van der Waals surface area contributed by atoms with E-state index in [2.05, 4.69) is 16.0 Å². The fourth-order valence-electron chi connectivity index (χ4n) is 2.85. The number of carboxylic acid groups (broad SMARTS) is 1. The lowest BCUT2D eigenvalue weighted by Gasteiger charge is -2.25. The molecule has 1 aliphatic carbocycles. The van der Waals surface area contributed by atoms with Gasteiger partial charge in [-0.2, -0.15) is 0 Å². The van der Waals surface area contributed by atoms with Crippen LogP contribution in [-0.2, 0) is 19.2 Å². The zero-order valence-electron chi connectivity index (χ0n) is 15.1. The highest BCUT2D eigenvalue weighted by Gasteiger charge is 2.28. The molecule has 2 unspecified atom stereocenters. The molecule has 0 saturated heterocycles. The first kappa shape index (κ1) is 20.9. The Bertz CT molecular complexity index is 501. The molecule has 4 N–H and O–H groups in total. The Morgan fingerprint density at radius 1 is 0.960 bits per heavy atom. The number of carbonyl (C=O) groups excluding carboxylic acids is 3. The largest absolute Gasteiger partial charge is 0.480 e. The number of amides is 3. The lowest BCUT2D eigenvalue weighted by Crippen LogP contribution is -2.55. The van der Waals surface area contributed by atoms with E-state index in [1.54, 1.807) is 20.8 Å². The van der Waals surface area contributed by atoms with Crippen molar-refractivity contribution in [3.63, 3.8) is 0 Å². The molecule has 1 aliphatic rings. The van der Waals surface area contributed by atoms with Crippen LogP contribution in [0.4, 0.5) is 0 Å². The monoisotopic (exact) mass is 355 g/mol. The molecule has 0 aromatic carbocycles. The molecule has 0 spiro atoms. The van der Waals surface area contributed by atoms with Crippen LogP contribution in [0.15, 0.2) is 0 Å². The number of nitrogens with one attached hydrogen (secondary N) is 3. The molecule has 0 aromatic heterocycles. The molecule has 2 atom stereocenters. The van der Waals surface area contributed by atoms with Gasteiger partial charge in [-0.1, -0.05) is 33.1 Å². The number of hydrogen-bond donors (Lipinski definition) is 4. The molecule has 0 bridgehead atoms. The van der Waals surface area contributed by atoms with E-state index in [1.165, 1.54) is 0 Å². The molecular weight excluding hydrogens is 326 g/mol. The molecule has 1 saturated carbocycles. The molecule has 1 rings (SSSR count). The van der Waals surface area contributed by atoms with Gasteiger partial charge in [-0.15, -0.1) is 0 Å². The SMILES string of the molecule is CC(NC(=O)C1CCCCC1)C(=O)NC(C(=O)NCC(=O)O)C(C)C. The van der Waals surface area contributed by atoms with E-state index in [9.17, 15) is 19.2 Å². The van der Waals surface area contributed by atoms with Crippen molar-refractivity contribution in [1.82, 2.24) is 16.0 Å². The number of hydrogen-bond acceptors (Lipinski definition) is 4. The van der Waals surface area contributed by atoms with Crippen molar-refractivity contribution in [1.29, 1.82) is 0 Å². The molecular formula is C17H29N3O5. The summed E-state index contributed by atoms with van der Waals surface area (Å²) in [5.74, 6) is -2.58. The van der Waals surface area contributed by atoms with Crippen LogP contribution < -0.4 is 16.0 Å². The normalized spacial score (nSPS) is 17.4. The van der Waals surface area contributed by atoms with E-state index in [0.717, 1.165) is 32.1 Å². The summed E-state index contributed by atoms with van der Waals surface area (Å²) in [5.41, 5.74) is 0. The third kappa shape index (κ3) is 7.11. The predicted molar refractivity (Wildman–Crippen MR) is 91.6 cm³/mol.